The molecule has 0 bridgehead atoms. The highest BCUT2D eigenvalue weighted by atomic mass is 32.2. The molecule has 30 heavy (non-hydrogen) atoms. The van der Waals surface area contributed by atoms with Crippen LogP contribution in [0.5, 0.6) is 0 Å². The van der Waals surface area contributed by atoms with Gasteiger partial charge in [0.2, 0.25) is 0 Å². The Morgan fingerprint density at radius 3 is 2.33 bits per heavy atom. The van der Waals surface area contributed by atoms with Crippen molar-refractivity contribution in [3.63, 3.8) is 0 Å². The van der Waals surface area contributed by atoms with Crippen molar-refractivity contribution in [3.05, 3.63) is 39.9 Å². The molecule has 1 saturated heterocycles. The molecule has 0 N–H and O–H groups in total. The van der Waals surface area contributed by atoms with Crippen LogP contribution in [0.25, 0.3) is 0 Å². The molecule has 1 aliphatic rings. The molecule has 1 fully saturated rings. The molecule has 1 aromatic carbocycles. The van der Waals surface area contributed by atoms with Crippen LogP contribution in [0.15, 0.2) is 24.3 Å². The first-order valence-electron chi connectivity index (χ1n) is 9.03. The largest absolute Gasteiger partial charge is 0.467 e. The van der Waals surface area contributed by atoms with E-state index in [0.717, 1.165) is 12.0 Å². The molecule has 12 heteroatoms. The summed E-state index contributed by atoms with van der Waals surface area (Å²) in [5.74, 6) is -1.23. The molecule has 11 nitrogen and oxygen atoms in total. The summed E-state index contributed by atoms with van der Waals surface area (Å²) in [6.07, 6.45) is -1.83. The van der Waals surface area contributed by atoms with Gasteiger partial charge in [-0.3, -0.25) is 19.2 Å². The molecule has 1 amide bonds. The summed E-state index contributed by atoms with van der Waals surface area (Å²) in [7, 11) is -2.93. The number of hydrogen-bond donors (Lipinski definition) is 0. The van der Waals surface area contributed by atoms with E-state index < -0.39 is 50.6 Å². The van der Waals surface area contributed by atoms with Crippen molar-refractivity contribution in [1.29, 1.82) is 0 Å². The predicted molar refractivity (Wildman–Crippen MR) is 104 cm³/mol. The van der Waals surface area contributed by atoms with Gasteiger partial charge in [0.25, 0.3) is 15.8 Å². The zero-order valence-electron chi connectivity index (χ0n) is 17.1. The lowest BCUT2D eigenvalue weighted by Gasteiger charge is -2.27. The first kappa shape index (κ1) is 23.5. The van der Waals surface area contributed by atoms with Gasteiger partial charge in [-0.15, -0.1) is 0 Å². The average molecular weight is 444 g/mol. The van der Waals surface area contributed by atoms with Gasteiger partial charge in [-0.1, -0.05) is 12.1 Å². The first-order valence-corrected chi connectivity index (χ1v) is 10.6. The Morgan fingerprint density at radius 2 is 1.83 bits per heavy atom. The Morgan fingerprint density at radius 1 is 1.23 bits per heavy atom. The number of carbonyl (C=O) groups is 2. The van der Waals surface area contributed by atoms with Crippen LogP contribution in [0, 0.1) is 10.1 Å². The number of carbonyl (C=O) groups excluding carboxylic acids is 2. The smallest absolute Gasteiger partial charge is 0.411 e. The second kappa shape index (κ2) is 8.96. The van der Waals surface area contributed by atoms with Crippen LogP contribution in [-0.2, 0) is 34.3 Å². The Kier molecular flexibility index (Phi) is 7.03. The normalized spacial score (nSPS) is 19.4. The first-order chi connectivity index (χ1) is 13.8. The molecule has 1 heterocycles. The lowest BCUT2D eigenvalue weighted by atomic mass is 10.2. The van der Waals surface area contributed by atoms with Crippen LogP contribution in [0.2, 0.25) is 0 Å². The fraction of sp³-hybridized carbons (Fsp3) is 0.556. The number of benzene rings is 1. The second-order valence-corrected chi connectivity index (χ2v) is 9.35. The SMILES string of the molecule is COC(=O)[C@@H]1CC(OS(=O)(=O)Cc2ccc([N+](=O)[O-])cc2)CN1C(=O)OC(C)(C)C. The van der Waals surface area contributed by atoms with Gasteiger partial charge in [-0.2, -0.15) is 8.42 Å². The number of hydrogen-bond acceptors (Lipinski definition) is 9. The highest BCUT2D eigenvalue weighted by molar-refractivity contribution is 7.85. The molecule has 166 valence electrons. The minimum Gasteiger partial charge on any atom is -0.467 e. The number of nitro benzene ring substituents is 1. The van der Waals surface area contributed by atoms with E-state index in [1.165, 1.54) is 24.3 Å². The minimum atomic E-state index is -4.09. The van der Waals surface area contributed by atoms with Crippen molar-refractivity contribution in [2.24, 2.45) is 0 Å². The number of ether oxygens (including phenoxy) is 2. The fourth-order valence-electron chi connectivity index (χ4n) is 2.91. The van der Waals surface area contributed by atoms with Crippen LogP contribution in [-0.4, -0.2) is 61.7 Å². The van der Waals surface area contributed by atoms with Gasteiger partial charge in [0.05, 0.1) is 24.7 Å². The van der Waals surface area contributed by atoms with Crippen molar-refractivity contribution in [2.75, 3.05) is 13.7 Å². The zero-order chi connectivity index (χ0) is 22.7. The number of methoxy groups -OCH3 is 1. The van der Waals surface area contributed by atoms with Crippen molar-refractivity contribution in [2.45, 2.75) is 50.7 Å². The van der Waals surface area contributed by atoms with E-state index in [-0.39, 0.29) is 18.7 Å². The van der Waals surface area contributed by atoms with Crippen molar-refractivity contribution < 1.29 is 36.6 Å². The monoisotopic (exact) mass is 444 g/mol. The molecule has 0 aliphatic carbocycles. The summed E-state index contributed by atoms with van der Waals surface area (Å²) in [6.45, 7) is 4.82. The molecule has 0 radical (unpaired) electrons. The van der Waals surface area contributed by atoms with Gasteiger partial charge in [-0.05, 0) is 26.3 Å². The van der Waals surface area contributed by atoms with Gasteiger partial charge < -0.3 is 9.47 Å². The molecule has 0 saturated carbocycles. The molecular weight excluding hydrogens is 420 g/mol. The highest BCUT2D eigenvalue weighted by Gasteiger charge is 2.44. The maximum atomic E-state index is 12.4. The minimum absolute atomic E-state index is 0.0780. The predicted octanol–water partition coefficient (Wildman–Crippen LogP) is 1.99. The molecule has 1 aliphatic heterocycles. The third-order valence-electron chi connectivity index (χ3n) is 4.14. The van der Waals surface area contributed by atoms with Gasteiger partial charge >= 0.3 is 12.1 Å². The van der Waals surface area contributed by atoms with Gasteiger partial charge in [0, 0.05) is 18.6 Å². The fourth-order valence-corrected chi connectivity index (χ4v) is 4.13. The summed E-state index contributed by atoms with van der Waals surface area (Å²) in [6, 6.07) is 3.98. The average Bonchev–Trinajstić information content (AvgIpc) is 3.02. The Hall–Kier alpha value is -2.73. The standard InChI is InChI=1S/C18H24N2O9S/c1-18(2,3)28-17(22)19-10-14(9-15(19)16(21)27-4)29-30(25,26)11-12-5-7-13(8-6-12)20(23)24/h5-8,14-15H,9-11H2,1-4H3/t14?,15-/m0/s1. The Bertz CT molecular complexity index is 907. The highest BCUT2D eigenvalue weighted by Crippen LogP contribution is 2.26. The number of nitrogens with zero attached hydrogens (tertiary/aromatic N) is 2. The zero-order valence-corrected chi connectivity index (χ0v) is 17.9. The van der Waals surface area contributed by atoms with E-state index >= 15 is 0 Å². The molecule has 2 rings (SSSR count). The number of non-ortho nitro benzene ring substituents is 1. The van der Waals surface area contributed by atoms with Crippen LogP contribution < -0.4 is 0 Å². The Balaban J connectivity index is 2.10. The van der Waals surface area contributed by atoms with Crippen molar-refractivity contribution >= 4 is 27.9 Å². The maximum Gasteiger partial charge on any atom is 0.411 e. The van der Waals surface area contributed by atoms with E-state index in [1.54, 1.807) is 20.8 Å². The van der Waals surface area contributed by atoms with Crippen molar-refractivity contribution in [3.8, 4) is 0 Å². The topological polar surface area (TPSA) is 142 Å². The summed E-state index contributed by atoms with van der Waals surface area (Å²) in [5.41, 5.74) is -0.674. The van der Waals surface area contributed by atoms with Gasteiger partial charge in [0.15, 0.2) is 0 Å². The number of nitro groups is 1. The molecule has 1 aromatic rings. The van der Waals surface area contributed by atoms with Crippen molar-refractivity contribution in [1.82, 2.24) is 4.90 Å². The molecule has 0 spiro atoms. The van der Waals surface area contributed by atoms with E-state index in [1.807, 2.05) is 0 Å². The lowest BCUT2D eigenvalue weighted by Crippen LogP contribution is -2.44. The quantitative estimate of drug-likeness (QED) is 0.278. The molecule has 0 aromatic heterocycles. The number of likely N-dealkylation sites (tertiary alicyclic amines) is 1. The molecule has 2 atom stereocenters. The van der Waals surface area contributed by atoms with E-state index in [0.29, 0.717) is 5.56 Å². The van der Waals surface area contributed by atoms with Gasteiger partial charge in [-0.25, -0.2) is 9.59 Å². The number of amides is 1. The summed E-state index contributed by atoms with van der Waals surface area (Å²) in [4.78, 5) is 35.7. The number of rotatable bonds is 6. The number of esters is 1. The summed E-state index contributed by atoms with van der Waals surface area (Å²) in [5, 5.41) is 10.7. The van der Waals surface area contributed by atoms with E-state index in [4.69, 9.17) is 13.7 Å². The molecular formula is C18H24N2O9S. The van der Waals surface area contributed by atoms with Crippen LogP contribution in [0.3, 0.4) is 0 Å². The summed E-state index contributed by atoms with van der Waals surface area (Å²) >= 11 is 0. The third kappa shape index (κ3) is 6.39. The summed E-state index contributed by atoms with van der Waals surface area (Å²) < 4.78 is 40.0. The Labute approximate surface area is 174 Å². The van der Waals surface area contributed by atoms with Crippen LogP contribution in [0.4, 0.5) is 10.5 Å². The van der Waals surface area contributed by atoms with Crippen LogP contribution in [0.1, 0.15) is 32.8 Å². The molecule has 1 unspecified atom stereocenters. The maximum absolute atomic E-state index is 12.4. The lowest BCUT2D eigenvalue weighted by molar-refractivity contribution is -0.384. The van der Waals surface area contributed by atoms with E-state index in [2.05, 4.69) is 0 Å². The van der Waals surface area contributed by atoms with Crippen LogP contribution >= 0.6 is 0 Å². The van der Waals surface area contributed by atoms with Gasteiger partial charge in [0.1, 0.15) is 17.4 Å². The third-order valence-corrected chi connectivity index (χ3v) is 5.39. The second-order valence-electron chi connectivity index (χ2n) is 7.75. The van der Waals surface area contributed by atoms with E-state index in [9.17, 15) is 28.1 Å².